The highest BCUT2D eigenvalue weighted by molar-refractivity contribution is 7.80. The van der Waals surface area contributed by atoms with Crippen LogP contribution < -0.4 is 15.5 Å². The molecule has 0 amide bonds. The average Bonchev–Trinajstić information content (AvgIpc) is 2.69. The highest BCUT2D eigenvalue weighted by Crippen LogP contribution is 2.22. The lowest BCUT2D eigenvalue weighted by Crippen LogP contribution is -2.32. The van der Waals surface area contributed by atoms with Crippen LogP contribution in [0.4, 0.5) is 11.4 Å². The van der Waals surface area contributed by atoms with E-state index in [1.807, 2.05) is 0 Å². The van der Waals surface area contributed by atoms with Gasteiger partial charge in [-0.15, -0.1) is 0 Å². The zero-order valence-electron chi connectivity index (χ0n) is 17.1. The summed E-state index contributed by atoms with van der Waals surface area (Å²) in [6, 6.07) is 13.6. The molecule has 0 atom stereocenters. The van der Waals surface area contributed by atoms with Crippen LogP contribution in [0.1, 0.15) is 36.2 Å². The number of aryl methyl sites for hydroxylation is 1. The molecule has 0 saturated carbocycles. The van der Waals surface area contributed by atoms with E-state index in [0.717, 1.165) is 31.7 Å². The Morgan fingerprint density at radius 3 is 2.52 bits per heavy atom. The zero-order chi connectivity index (χ0) is 21.2. The lowest BCUT2D eigenvalue weighted by Gasteiger charge is -2.23. The van der Waals surface area contributed by atoms with E-state index in [4.69, 9.17) is 28.6 Å². The van der Waals surface area contributed by atoms with Crippen molar-refractivity contribution in [2.45, 2.75) is 27.2 Å². The molecule has 0 aliphatic carbocycles. The van der Waals surface area contributed by atoms with E-state index in [1.54, 1.807) is 25.1 Å². The number of nitrogens with one attached hydrogen (secondary N) is 2. The molecule has 5 nitrogen and oxygen atoms in total. The first-order chi connectivity index (χ1) is 13.9. The third-order valence-electron chi connectivity index (χ3n) is 4.39. The molecule has 2 N–H and O–H groups in total. The smallest absolute Gasteiger partial charge is 0.339 e. The summed E-state index contributed by atoms with van der Waals surface area (Å²) in [6.07, 6.45) is 0.950. The molecule has 2 rings (SSSR count). The number of hydrogen-bond acceptors (Lipinski definition) is 4. The van der Waals surface area contributed by atoms with Crippen molar-refractivity contribution < 1.29 is 9.53 Å². The van der Waals surface area contributed by atoms with Crippen LogP contribution in [-0.2, 0) is 4.74 Å². The van der Waals surface area contributed by atoms with Crippen LogP contribution in [0.15, 0.2) is 42.5 Å². The van der Waals surface area contributed by atoms with Crippen LogP contribution >= 0.6 is 23.8 Å². The minimum absolute atomic E-state index is 0.308. The van der Waals surface area contributed by atoms with Crippen molar-refractivity contribution in [1.82, 2.24) is 5.32 Å². The first kappa shape index (κ1) is 23.0. The Morgan fingerprint density at radius 2 is 1.90 bits per heavy atom. The molecular formula is C22H28ClN3O2S. The van der Waals surface area contributed by atoms with Crippen LogP contribution in [0.5, 0.6) is 0 Å². The number of hydrogen-bond donors (Lipinski definition) is 2. The lowest BCUT2D eigenvalue weighted by molar-refractivity contribution is 0.0526. The number of carbonyl (C=O) groups excluding carboxylic acids is 1. The van der Waals surface area contributed by atoms with E-state index >= 15 is 0 Å². The van der Waals surface area contributed by atoms with Crippen LogP contribution in [0.2, 0.25) is 5.02 Å². The number of thiocarbonyl (C=S) groups is 1. The maximum atomic E-state index is 11.8. The van der Waals surface area contributed by atoms with Crippen molar-refractivity contribution in [3.63, 3.8) is 0 Å². The van der Waals surface area contributed by atoms with E-state index in [1.165, 1.54) is 11.3 Å². The zero-order valence-corrected chi connectivity index (χ0v) is 18.7. The summed E-state index contributed by atoms with van der Waals surface area (Å²) >= 11 is 11.5. The molecule has 0 radical (unpaired) electrons. The molecule has 0 aliphatic rings. The van der Waals surface area contributed by atoms with Gasteiger partial charge in [0.15, 0.2) is 5.11 Å². The number of carbonyl (C=O) groups is 1. The number of nitrogens with zero attached hydrogens (tertiary/aromatic N) is 1. The summed E-state index contributed by atoms with van der Waals surface area (Å²) in [7, 11) is 0. The SMILES string of the molecule is CCOC(=O)c1ccc(NC(=S)NCCCN(CC)c2ccc(C)cc2)cc1Cl. The quantitative estimate of drug-likeness (QED) is 0.328. The molecule has 29 heavy (non-hydrogen) atoms. The lowest BCUT2D eigenvalue weighted by atomic mass is 10.2. The Morgan fingerprint density at radius 1 is 1.17 bits per heavy atom. The standard InChI is InChI=1S/C22H28ClN3O2S/c1-4-26(18-10-7-16(3)8-11-18)14-6-13-24-22(29)25-17-9-12-19(20(23)15-17)21(27)28-5-2/h7-12,15H,4-6,13-14H2,1-3H3,(H2,24,25,29). The Balaban J connectivity index is 1.78. The van der Waals surface area contributed by atoms with Gasteiger partial charge in [-0.1, -0.05) is 29.3 Å². The monoisotopic (exact) mass is 433 g/mol. The van der Waals surface area contributed by atoms with Crippen molar-refractivity contribution in [3.05, 3.63) is 58.6 Å². The van der Waals surface area contributed by atoms with E-state index < -0.39 is 5.97 Å². The summed E-state index contributed by atoms with van der Waals surface area (Å²) < 4.78 is 4.98. The van der Waals surface area contributed by atoms with Crippen molar-refractivity contribution in [2.75, 3.05) is 36.5 Å². The van der Waals surface area contributed by atoms with Crippen molar-refractivity contribution in [1.29, 1.82) is 0 Å². The topological polar surface area (TPSA) is 53.6 Å². The molecule has 0 bridgehead atoms. The maximum Gasteiger partial charge on any atom is 0.339 e. The fourth-order valence-corrected chi connectivity index (χ4v) is 3.32. The fraction of sp³-hybridized carbons (Fsp3) is 0.364. The maximum absolute atomic E-state index is 11.8. The van der Waals surface area contributed by atoms with Gasteiger partial charge in [0.2, 0.25) is 0 Å². The first-order valence-corrected chi connectivity index (χ1v) is 10.6. The Kier molecular flexibility index (Phi) is 9.22. The normalized spacial score (nSPS) is 10.3. The molecule has 0 spiro atoms. The molecular weight excluding hydrogens is 406 g/mol. The second-order valence-electron chi connectivity index (χ2n) is 6.56. The number of ether oxygens (including phenoxy) is 1. The van der Waals surface area contributed by atoms with E-state index in [2.05, 4.69) is 53.6 Å². The van der Waals surface area contributed by atoms with Gasteiger partial charge in [-0.25, -0.2) is 4.79 Å². The summed E-state index contributed by atoms with van der Waals surface area (Å²) in [6.45, 7) is 8.96. The average molecular weight is 434 g/mol. The molecule has 0 aliphatic heterocycles. The van der Waals surface area contributed by atoms with Crippen LogP contribution in [-0.4, -0.2) is 37.3 Å². The molecule has 2 aromatic carbocycles. The van der Waals surface area contributed by atoms with Crippen molar-refractivity contribution in [2.24, 2.45) is 0 Å². The van der Waals surface area contributed by atoms with Gasteiger partial charge in [-0.2, -0.15) is 0 Å². The first-order valence-electron chi connectivity index (χ1n) is 9.77. The Bertz CT molecular complexity index is 827. The summed E-state index contributed by atoms with van der Waals surface area (Å²) in [5, 5.41) is 7.14. The van der Waals surface area contributed by atoms with Gasteiger partial charge < -0.3 is 20.3 Å². The van der Waals surface area contributed by atoms with Gasteiger partial charge >= 0.3 is 5.97 Å². The molecule has 7 heteroatoms. The number of esters is 1. The summed E-state index contributed by atoms with van der Waals surface area (Å²) in [5.74, 6) is -0.432. The number of halogens is 1. The van der Waals surface area contributed by atoms with E-state index in [0.29, 0.717) is 22.3 Å². The van der Waals surface area contributed by atoms with E-state index in [-0.39, 0.29) is 0 Å². The summed E-state index contributed by atoms with van der Waals surface area (Å²) in [4.78, 5) is 14.1. The molecule has 0 heterocycles. The second-order valence-corrected chi connectivity index (χ2v) is 7.38. The minimum Gasteiger partial charge on any atom is -0.462 e. The molecule has 0 unspecified atom stereocenters. The number of anilines is 2. The van der Waals surface area contributed by atoms with Gasteiger partial charge in [-0.05, 0) is 69.7 Å². The predicted octanol–water partition coefficient (Wildman–Crippen LogP) is 5.03. The molecule has 0 saturated heterocycles. The molecule has 156 valence electrons. The van der Waals surface area contributed by atoms with Gasteiger partial charge in [0.25, 0.3) is 0 Å². The number of benzene rings is 2. The highest BCUT2D eigenvalue weighted by Gasteiger charge is 2.12. The van der Waals surface area contributed by atoms with Gasteiger partial charge in [0.1, 0.15) is 0 Å². The molecule has 0 aromatic heterocycles. The van der Waals surface area contributed by atoms with E-state index in [9.17, 15) is 4.79 Å². The highest BCUT2D eigenvalue weighted by atomic mass is 35.5. The largest absolute Gasteiger partial charge is 0.462 e. The van der Waals surface area contributed by atoms with Crippen LogP contribution in [0.3, 0.4) is 0 Å². The van der Waals surface area contributed by atoms with Gasteiger partial charge in [0, 0.05) is 31.0 Å². The van der Waals surface area contributed by atoms with Crippen molar-refractivity contribution in [3.8, 4) is 0 Å². The van der Waals surface area contributed by atoms with Gasteiger partial charge in [-0.3, -0.25) is 0 Å². The molecule has 0 fully saturated rings. The van der Waals surface area contributed by atoms with Crippen LogP contribution in [0, 0.1) is 6.92 Å². The third-order valence-corrected chi connectivity index (χ3v) is 4.95. The molecule has 2 aromatic rings. The predicted molar refractivity (Wildman–Crippen MR) is 125 cm³/mol. The Labute approximate surface area is 183 Å². The minimum atomic E-state index is -0.432. The fourth-order valence-electron chi connectivity index (χ4n) is 2.84. The summed E-state index contributed by atoms with van der Waals surface area (Å²) in [5.41, 5.74) is 3.55. The third kappa shape index (κ3) is 7.22. The Hall–Kier alpha value is -2.31. The van der Waals surface area contributed by atoms with Crippen molar-refractivity contribution >= 4 is 46.3 Å². The number of rotatable bonds is 9. The second kappa shape index (κ2) is 11.6. The van der Waals surface area contributed by atoms with Gasteiger partial charge in [0.05, 0.1) is 17.2 Å². The van der Waals surface area contributed by atoms with Crippen LogP contribution in [0.25, 0.3) is 0 Å².